The number of aliphatic hydroxyl groups excluding tert-OH is 1. The molecular weight excluding hydrogens is 345 g/mol. The van der Waals surface area contributed by atoms with Gasteiger partial charge in [-0.2, -0.15) is 0 Å². The summed E-state index contributed by atoms with van der Waals surface area (Å²) < 4.78 is 29.6. The number of halogens is 2. The SMILES string of the molecule is CC(C)(C)[S+]([O-])N[C@@](C)(CCO)c1cc(Br)ccc1F. The van der Waals surface area contributed by atoms with Gasteiger partial charge in [0.05, 0.1) is 5.54 Å². The minimum atomic E-state index is -1.37. The Morgan fingerprint density at radius 1 is 1.35 bits per heavy atom. The first-order valence-corrected chi connectivity index (χ1v) is 8.30. The molecule has 0 fully saturated rings. The van der Waals surface area contributed by atoms with Gasteiger partial charge in [0.1, 0.15) is 10.6 Å². The van der Waals surface area contributed by atoms with Crippen molar-refractivity contribution >= 4 is 27.3 Å². The van der Waals surface area contributed by atoms with Crippen molar-refractivity contribution < 1.29 is 14.0 Å². The summed E-state index contributed by atoms with van der Waals surface area (Å²) in [6.07, 6.45) is 0.266. The fourth-order valence-corrected chi connectivity index (χ4v) is 3.03. The number of hydrogen-bond acceptors (Lipinski definition) is 3. The lowest BCUT2D eigenvalue weighted by molar-refractivity contribution is 0.234. The maximum Gasteiger partial charge on any atom is 0.136 e. The molecule has 0 bridgehead atoms. The minimum Gasteiger partial charge on any atom is -0.598 e. The zero-order valence-electron chi connectivity index (χ0n) is 12.2. The Morgan fingerprint density at radius 3 is 2.45 bits per heavy atom. The summed E-state index contributed by atoms with van der Waals surface area (Å²) in [6.45, 7) is 7.14. The van der Waals surface area contributed by atoms with E-state index < -0.39 is 21.6 Å². The van der Waals surface area contributed by atoms with E-state index in [1.165, 1.54) is 6.07 Å². The van der Waals surface area contributed by atoms with Crippen molar-refractivity contribution in [2.75, 3.05) is 6.61 Å². The quantitative estimate of drug-likeness (QED) is 0.787. The molecule has 1 rings (SSSR count). The molecule has 0 amide bonds. The minimum absolute atomic E-state index is 0.128. The van der Waals surface area contributed by atoms with Crippen LogP contribution in [0.15, 0.2) is 22.7 Å². The molecule has 0 aliphatic rings. The molecule has 0 heterocycles. The van der Waals surface area contributed by atoms with E-state index in [9.17, 15) is 14.0 Å². The van der Waals surface area contributed by atoms with E-state index in [-0.39, 0.29) is 18.8 Å². The van der Waals surface area contributed by atoms with Gasteiger partial charge in [-0.05, 0) is 52.3 Å². The summed E-state index contributed by atoms with van der Waals surface area (Å²) >= 11 is 1.95. The Bertz CT molecular complexity index is 467. The van der Waals surface area contributed by atoms with E-state index in [0.29, 0.717) is 5.56 Å². The molecule has 6 heteroatoms. The van der Waals surface area contributed by atoms with Crippen LogP contribution in [-0.4, -0.2) is 21.0 Å². The van der Waals surface area contributed by atoms with E-state index in [1.54, 1.807) is 19.1 Å². The molecule has 0 radical (unpaired) electrons. The lowest BCUT2D eigenvalue weighted by atomic mass is 9.90. The van der Waals surface area contributed by atoms with Crippen LogP contribution < -0.4 is 4.72 Å². The summed E-state index contributed by atoms with van der Waals surface area (Å²) in [4.78, 5) is 0. The molecule has 0 aliphatic heterocycles. The highest BCUT2D eigenvalue weighted by Crippen LogP contribution is 2.31. The molecule has 1 aromatic carbocycles. The van der Waals surface area contributed by atoms with Crippen LogP contribution in [-0.2, 0) is 16.9 Å². The normalized spacial score (nSPS) is 16.8. The molecule has 2 N–H and O–H groups in total. The van der Waals surface area contributed by atoms with Crippen LogP contribution in [0.2, 0.25) is 0 Å². The molecule has 114 valence electrons. The molecule has 3 nitrogen and oxygen atoms in total. The predicted molar refractivity (Wildman–Crippen MR) is 84.2 cm³/mol. The van der Waals surface area contributed by atoms with E-state index in [2.05, 4.69) is 20.7 Å². The van der Waals surface area contributed by atoms with Gasteiger partial charge in [-0.15, -0.1) is 4.72 Å². The number of hydrogen-bond donors (Lipinski definition) is 2. The van der Waals surface area contributed by atoms with Crippen molar-refractivity contribution in [3.63, 3.8) is 0 Å². The summed E-state index contributed by atoms with van der Waals surface area (Å²) in [5.74, 6) is -0.387. The number of benzene rings is 1. The van der Waals surface area contributed by atoms with Crippen LogP contribution in [0.25, 0.3) is 0 Å². The third-order valence-corrected chi connectivity index (χ3v) is 5.25. The summed E-state index contributed by atoms with van der Waals surface area (Å²) in [6, 6.07) is 4.62. The van der Waals surface area contributed by atoms with Crippen molar-refractivity contribution in [1.82, 2.24) is 4.72 Å². The van der Waals surface area contributed by atoms with Gasteiger partial charge in [-0.3, -0.25) is 0 Å². The Hall–Kier alpha value is -0.140. The number of nitrogens with one attached hydrogen (secondary N) is 1. The van der Waals surface area contributed by atoms with Gasteiger partial charge in [-0.25, -0.2) is 4.39 Å². The fourth-order valence-electron chi connectivity index (χ4n) is 1.74. The molecule has 1 aromatic rings. The highest BCUT2D eigenvalue weighted by atomic mass is 79.9. The van der Waals surface area contributed by atoms with Crippen molar-refractivity contribution in [3.8, 4) is 0 Å². The van der Waals surface area contributed by atoms with E-state index in [1.807, 2.05) is 20.8 Å². The molecule has 0 spiro atoms. The van der Waals surface area contributed by atoms with Crippen molar-refractivity contribution in [2.45, 2.75) is 44.4 Å². The summed E-state index contributed by atoms with van der Waals surface area (Å²) in [5, 5.41) is 9.27. The van der Waals surface area contributed by atoms with Crippen LogP contribution in [0, 0.1) is 5.82 Å². The van der Waals surface area contributed by atoms with Gasteiger partial charge in [0.25, 0.3) is 0 Å². The molecule has 20 heavy (non-hydrogen) atoms. The Kier molecular flexibility index (Phi) is 6.04. The first-order valence-electron chi connectivity index (χ1n) is 6.36. The third-order valence-electron chi connectivity index (χ3n) is 3.01. The average Bonchev–Trinajstić information content (AvgIpc) is 2.31. The van der Waals surface area contributed by atoms with Crippen molar-refractivity contribution in [2.24, 2.45) is 0 Å². The van der Waals surface area contributed by atoms with Crippen molar-refractivity contribution in [3.05, 3.63) is 34.1 Å². The standard InChI is InChI=1S/C14H21BrFNO2S/c1-13(2,3)20(19)17-14(4,7-8-18)11-9-10(15)5-6-12(11)16/h5-6,9,17-18H,7-8H2,1-4H3/t14-,20?/m0/s1. The van der Waals surface area contributed by atoms with E-state index in [0.717, 1.165) is 4.47 Å². The van der Waals surface area contributed by atoms with Gasteiger partial charge in [0.15, 0.2) is 0 Å². The van der Waals surface area contributed by atoms with E-state index in [4.69, 9.17) is 0 Å². The summed E-state index contributed by atoms with van der Waals surface area (Å²) in [5.41, 5.74) is -0.515. The molecule has 0 aliphatic carbocycles. The second-order valence-electron chi connectivity index (χ2n) is 5.91. The van der Waals surface area contributed by atoms with Gasteiger partial charge in [0, 0.05) is 28.0 Å². The number of aliphatic hydroxyl groups is 1. The highest BCUT2D eigenvalue weighted by Gasteiger charge is 2.38. The molecule has 2 atom stereocenters. The first-order chi connectivity index (χ1) is 9.10. The molecule has 0 aromatic heterocycles. The zero-order chi connectivity index (χ0) is 15.6. The molecule has 1 unspecified atom stereocenters. The topological polar surface area (TPSA) is 55.3 Å². The second kappa shape index (κ2) is 6.75. The molecule has 0 saturated carbocycles. The lowest BCUT2D eigenvalue weighted by Crippen LogP contribution is -2.50. The molecule has 0 saturated heterocycles. The Labute approximate surface area is 131 Å². The van der Waals surface area contributed by atoms with Gasteiger partial charge in [-0.1, -0.05) is 15.9 Å². The maximum atomic E-state index is 14.1. The monoisotopic (exact) mass is 365 g/mol. The number of rotatable bonds is 5. The largest absolute Gasteiger partial charge is 0.598 e. The van der Waals surface area contributed by atoms with Crippen LogP contribution in [0.4, 0.5) is 4.39 Å². The second-order valence-corrected chi connectivity index (χ2v) is 8.80. The molecular formula is C14H21BrFNO2S. The Morgan fingerprint density at radius 2 is 1.95 bits per heavy atom. The summed E-state index contributed by atoms with van der Waals surface area (Å²) in [7, 11) is 0. The lowest BCUT2D eigenvalue weighted by Gasteiger charge is -2.35. The smallest absolute Gasteiger partial charge is 0.136 e. The van der Waals surface area contributed by atoms with E-state index >= 15 is 0 Å². The van der Waals surface area contributed by atoms with Gasteiger partial charge >= 0.3 is 0 Å². The fraction of sp³-hybridized carbons (Fsp3) is 0.571. The van der Waals surface area contributed by atoms with Gasteiger partial charge < -0.3 is 9.66 Å². The predicted octanol–water partition coefficient (Wildman–Crippen LogP) is 3.24. The highest BCUT2D eigenvalue weighted by molar-refractivity contribution is 9.10. The van der Waals surface area contributed by atoms with Crippen LogP contribution in [0.5, 0.6) is 0 Å². The van der Waals surface area contributed by atoms with Crippen LogP contribution >= 0.6 is 15.9 Å². The maximum absolute atomic E-state index is 14.1. The zero-order valence-corrected chi connectivity index (χ0v) is 14.6. The third kappa shape index (κ3) is 4.43. The Balaban J connectivity index is 3.17. The average molecular weight is 366 g/mol. The van der Waals surface area contributed by atoms with Crippen LogP contribution in [0.3, 0.4) is 0 Å². The van der Waals surface area contributed by atoms with Gasteiger partial charge in [0.2, 0.25) is 0 Å². The van der Waals surface area contributed by atoms with Crippen LogP contribution in [0.1, 0.15) is 39.7 Å². The first kappa shape index (κ1) is 17.9. The van der Waals surface area contributed by atoms with Crippen molar-refractivity contribution in [1.29, 1.82) is 0 Å².